The van der Waals surface area contributed by atoms with Crippen LogP contribution in [-0.4, -0.2) is 117 Å². The summed E-state index contributed by atoms with van der Waals surface area (Å²) in [6, 6.07) is 4.60. The number of cyclic esters (lactones) is 1. The highest BCUT2D eigenvalue weighted by Gasteiger charge is 2.46. The Bertz CT molecular complexity index is 1200. The summed E-state index contributed by atoms with van der Waals surface area (Å²) in [5.41, 5.74) is 0.436. The van der Waals surface area contributed by atoms with E-state index in [1.807, 2.05) is 0 Å². The van der Waals surface area contributed by atoms with Gasteiger partial charge in [-0.1, -0.05) is 0 Å². The Kier molecular flexibility index (Phi) is 7.34. The quantitative estimate of drug-likeness (QED) is 0.195. The van der Waals surface area contributed by atoms with Crippen molar-refractivity contribution in [2.45, 2.75) is 61.9 Å². The van der Waals surface area contributed by atoms with Crippen molar-refractivity contribution in [3.8, 4) is 17.2 Å². The average molecular weight is 540 g/mol. The summed E-state index contributed by atoms with van der Waals surface area (Å²) in [6.07, 6.45) is -13.8. The Hall–Kier alpha value is -2.79. The monoisotopic (exact) mass is 540 g/mol. The number of phenolic OH excluding ortho intramolecular Hbond substituents is 1. The van der Waals surface area contributed by atoms with Gasteiger partial charge in [-0.15, -0.1) is 0 Å². The molecule has 2 aromatic carbocycles. The van der Waals surface area contributed by atoms with Gasteiger partial charge in [-0.05, 0) is 17.5 Å². The summed E-state index contributed by atoms with van der Waals surface area (Å²) in [7, 11) is 1.40. The lowest BCUT2D eigenvalue weighted by Gasteiger charge is -2.41. The van der Waals surface area contributed by atoms with Gasteiger partial charge in [0.25, 0.3) is 0 Å². The molecule has 0 unspecified atom stereocenters. The number of methoxy groups -OCH3 is 1. The van der Waals surface area contributed by atoms with Crippen LogP contribution in [0.2, 0.25) is 0 Å². The van der Waals surface area contributed by atoms with Crippen LogP contribution in [0.15, 0.2) is 18.2 Å². The first-order valence-electron chi connectivity index (χ1n) is 11.8. The van der Waals surface area contributed by atoms with Crippen LogP contribution in [0, 0.1) is 0 Å². The van der Waals surface area contributed by atoms with Gasteiger partial charge in [0, 0.05) is 11.6 Å². The molecule has 3 aliphatic heterocycles. The number of fused-ring (bicyclic) bond motifs is 2. The Morgan fingerprint density at radius 1 is 0.947 bits per heavy atom. The summed E-state index contributed by atoms with van der Waals surface area (Å²) in [5.74, 6) is -0.870. The van der Waals surface area contributed by atoms with E-state index in [0.29, 0.717) is 16.7 Å². The van der Waals surface area contributed by atoms with Crippen LogP contribution in [0.4, 0.5) is 0 Å². The van der Waals surface area contributed by atoms with Crippen LogP contribution >= 0.6 is 0 Å². The van der Waals surface area contributed by atoms with E-state index in [1.54, 1.807) is 12.1 Å². The standard InChI is InChI=1S/C24H28O14/c1-33-10-3-8-2-9-5-34-22(32)15(9)18(28)14(8)12(4-10)37-24-21(31)19(29)17(27)13(38-24)7-36-23-20(30)16(26)11(25)6-35-23/h2-4,11,13,16-17,19-21,23-31H,5-7H2,1H3/t11-,13-,16-,17-,19+,20-,21-,23-,24-/m1/s1. The summed E-state index contributed by atoms with van der Waals surface area (Å²) >= 11 is 0. The fourth-order valence-corrected chi connectivity index (χ4v) is 4.68. The van der Waals surface area contributed by atoms with Crippen molar-refractivity contribution in [3.05, 3.63) is 29.3 Å². The third-order valence-electron chi connectivity index (χ3n) is 6.82. The van der Waals surface area contributed by atoms with Gasteiger partial charge in [-0.3, -0.25) is 0 Å². The fraction of sp³-hybridized carbons (Fsp3) is 0.542. The molecule has 2 fully saturated rings. The van der Waals surface area contributed by atoms with E-state index < -0.39 is 73.6 Å². The molecule has 2 saturated heterocycles. The number of phenols is 1. The smallest absolute Gasteiger partial charge is 0.342 e. The minimum Gasteiger partial charge on any atom is -0.506 e. The molecular weight excluding hydrogens is 512 g/mol. The second kappa shape index (κ2) is 10.4. The molecule has 9 atom stereocenters. The van der Waals surface area contributed by atoms with Crippen molar-refractivity contribution in [1.29, 1.82) is 0 Å². The van der Waals surface area contributed by atoms with Gasteiger partial charge in [0.1, 0.15) is 72.1 Å². The molecule has 0 saturated carbocycles. The van der Waals surface area contributed by atoms with Crippen LogP contribution in [-0.2, 0) is 25.6 Å². The molecule has 14 heteroatoms. The number of esters is 1. The number of hydrogen-bond donors (Lipinski definition) is 7. The highest BCUT2D eigenvalue weighted by atomic mass is 16.7. The number of hydrogen-bond acceptors (Lipinski definition) is 14. The molecular formula is C24H28O14. The summed E-state index contributed by atoms with van der Waals surface area (Å²) in [6.45, 7) is -0.802. The van der Waals surface area contributed by atoms with E-state index >= 15 is 0 Å². The lowest BCUT2D eigenvalue weighted by Crippen LogP contribution is -2.61. The molecule has 38 heavy (non-hydrogen) atoms. The van der Waals surface area contributed by atoms with Gasteiger partial charge in [0.05, 0.1) is 25.7 Å². The number of rotatable bonds is 6. The number of aliphatic hydroxyl groups is 6. The minimum absolute atomic E-state index is 0.0172. The van der Waals surface area contributed by atoms with Crippen molar-refractivity contribution < 1.29 is 69.0 Å². The molecule has 0 aromatic heterocycles. The van der Waals surface area contributed by atoms with Crippen molar-refractivity contribution >= 4 is 16.7 Å². The third kappa shape index (κ3) is 4.64. The second-order valence-corrected chi connectivity index (χ2v) is 9.28. The molecule has 3 aliphatic rings. The lowest BCUT2D eigenvalue weighted by atomic mass is 9.98. The first-order chi connectivity index (χ1) is 18.1. The van der Waals surface area contributed by atoms with E-state index in [0.717, 1.165) is 0 Å². The third-order valence-corrected chi connectivity index (χ3v) is 6.82. The zero-order valence-corrected chi connectivity index (χ0v) is 20.0. The summed E-state index contributed by atoms with van der Waals surface area (Å²) in [4.78, 5) is 12.1. The van der Waals surface area contributed by atoms with Crippen molar-refractivity contribution in [3.63, 3.8) is 0 Å². The Morgan fingerprint density at radius 2 is 1.68 bits per heavy atom. The normalized spacial score (nSPS) is 35.1. The van der Waals surface area contributed by atoms with E-state index in [-0.39, 0.29) is 29.9 Å². The average Bonchev–Trinajstić information content (AvgIpc) is 3.27. The highest BCUT2D eigenvalue weighted by molar-refractivity contribution is 6.06. The first kappa shape index (κ1) is 26.8. The molecule has 0 aliphatic carbocycles. The van der Waals surface area contributed by atoms with Crippen LogP contribution in [0.1, 0.15) is 15.9 Å². The van der Waals surface area contributed by atoms with Crippen LogP contribution in [0.5, 0.6) is 17.2 Å². The van der Waals surface area contributed by atoms with Crippen LogP contribution < -0.4 is 9.47 Å². The molecule has 14 nitrogen and oxygen atoms in total. The van der Waals surface area contributed by atoms with Crippen molar-refractivity contribution in [2.24, 2.45) is 0 Å². The second-order valence-electron chi connectivity index (χ2n) is 9.28. The maximum atomic E-state index is 12.1. The van der Waals surface area contributed by atoms with Crippen LogP contribution in [0.25, 0.3) is 10.8 Å². The molecule has 5 rings (SSSR count). The largest absolute Gasteiger partial charge is 0.506 e. The Balaban J connectivity index is 1.40. The van der Waals surface area contributed by atoms with Crippen LogP contribution in [0.3, 0.4) is 0 Å². The molecule has 7 N–H and O–H groups in total. The number of ether oxygens (including phenoxy) is 6. The fourth-order valence-electron chi connectivity index (χ4n) is 4.68. The van der Waals surface area contributed by atoms with Crippen molar-refractivity contribution in [2.75, 3.05) is 20.3 Å². The lowest BCUT2D eigenvalue weighted by molar-refractivity contribution is -0.307. The number of aromatic hydroxyl groups is 1. The maximum Gasteiger partial charge on any atom is 0.342 e. The highest BCUT2D eigenvalue weighted by Crippen LogP contribution is 2.43. The predicted octanol–water partition coefficient (Wildman–Crippen LogP) is -2.13. The van der Waals surface area contributed by atoms with Gasteiger partial charge in [-0.25, -0.2) is 4.79 Å². The minimum atomic E-state index is -1.75. The molecule has 0 bridgehead atoms. The predicted molar refractivity (Wildman–Crippen MR) is 122 cm³/mol. The number of aliphatic hydroxyl groups excluding tert-OH is 6. The maximum absolute atomic E-state index is 12.1. The zero-order chi connectivity index (χ0) is 27.3. The van der Waals surface area contributed by atoms with Gasteiger partial charge < -0.3 is 64.2 Å². The van der Waals surface area contributed by atoms with E-state index in [1.165, 1.54) is 13.2 Å². The summed E-state index contributed by atoms with van der Waals surface area (Å²) < 4.78 is 32.4. The SMILES string of the molecule is COc1cc(O[C@@H]2O[C@H](CO[C@H]3OC[C@@H](O)[C@@H](O)[C@H]3O)[C@@H](O)[C@H](O)[C@H]2O)c2c(O)c3c(cc2c1)COC3=O. The van der Waals surface area contributed by atoms with E-state index in [9.17, 15) is 40.5 Å². The number of carbonyl (C=O) groups is 1. The zero-order valence-electron chi connectivity index (χ0n) is 20.0. The van der Waals surface area contributed by atoms with E-state index in [4.69, 9.17) is 28.4 Å². The Labute approximate surface area is 215 Å². The molecule has 0 radical (unpaired) electrons. The van der Waals surface area contributed by atoms with Gasteiger partial charge in [0.15, 0.2) is 6.29 Å². The first-order valence-corrected chi connectivity index (χ1v) is 11.8. The summed E-state index contributed by atoms with van der Waals surface area (Å²) in [5, 5.41) is 72.4. The molecule has 208 valence electrons. The van der Waals surface area contributed by atoms with E-state index in [2.05, 4.69) is 0 Å². The molecule has 2 aromatic rings. The van der Waals surface area contributed by atoms with Gasteiger partial charge in [-0.2, -0.15) is 0 Å². The number of carbonyl (C=O) groups excluding carboxylic acids is 1. The van der Waals surface area contributed by atoms with Gasteiger partial charge in [0.2, 0.25) is 6.29 Å². The van der Waals surface area contributed by atoms with Crippen molar-refractivity contribution in [1.82, 2.24) is 0 Å². The molecule has 0 amide bonds. The number of benzene rings is 2. The topological polar surface area (TPSA) is 214 Å². The van der Waals surface area contributed by atoms with Gasteiger partial charge >= 0.3 is 5.97 Å². The molecule has 3 heterocycles. The Morgan fingerprint density at radius 3 is 2.42 bits per heavy atom. The molecule has 0 spiro atoms.